The van der Waals surface area contributed by atoms with Crippen LogP contribution in [0.4, 0.5) is 4.39 Å². The lowest BCUT2D eigenvalue weighted by atomic mass is 10.1. The van der Waals surface area contributed by atoms with Gasteiger partial charge in [-0.15, -0.1) is 0 Å². The summed E-state index contributed by atoms with van der Waals surface area (Å²) in [6.45, 7) is 4.16. The van der Waals surface area contributed by atoms with Crippen LogP contribution in [0, 0.1) is 19.7 Å². The van der Waals surface area contributed by atoms with Crippen LogP contribution >= 0.6 is 0 Å². The minimum atomic E-state index is -0.273. The van der Waals surface area contributed by atoms with Gasteiger partial charge in [0.05, 0.1) is 0 Å². The Morgan fingerprint density at radius 1 is 1.00 bits per heavy atom. The van der Waals surface area contributed by atoms with E-state index in [1.807, 2.05) is 65.7 Å². The molecule has 0 aliphatic heterocycles. The summed E-state index contributed by atoms with van der Waals surface area (Å²) in [5.74, 6) is -0.220. The van der Waals surface area contributed by atoms with E-state index in [0.29, 0.717) is 5.56 Å². The molecule has 2 heterocycles. The molecule has 0 amide bonds. The first-order valence-corrected chi connectivity index (χ1v) is 8.89. The van der Waals surface area contributed by atoms with Crippen molar-refractivity contribution < 1.29 is 13.8 Å². The van der Waals surface area contributed by atoms with Gasteiger partial charge in [0.2, 0.25) is 12.3 Å². The largest absolute Gasteiger partial charge is 0.318 e. The maximum Gasteiger partial charge on any atom is 0.229 e. The Morgan fingerprint density at radius 3 is 2.44 bits per heavy atom. The normalized spacial score (nSPS) is 11.1. The fourth-order valence-corrected chi connectivity index (χ4v) is 3.56. The van der Waals surface area contributed by atoms with E-state index in [9.17, 15) is 9.18 Å². The summed E-state index contributed by atoms with van der Waals surface area (Å²) in [5.41, 5.74) is 3.36. The highest BCUT2D eigenvalue weighted by Gasteiger charge is 2.20. The van der Waals surface area contributed by atoms with Gasteiger partial charge in [0.15, 0.2) is 12.4 Å². The van der Waals surface area contributed by atoms with Crippen LogP contribution in [-0.2, 0) is 6.54 Å². The monoisotopic (exact) mass is 359 g/mol. The van der Waals surface area contributed by atoms with Crippen LogP contribution in [-0.4, -0.2) is 10.4 Å². The smallest absolute Gasteiger partial charge is 0.229 e. The molecule has 4 rings (SSSR count). The number of ketones is 1. The molecule has 0 fully saturated rings. The first kappa shape index (κ1) is 17.2. The molecule has 0 bridgehead atoms. The molecular weight excluding hydrogens is 339 g/mol. The van der Waals surface area contributed by atoms with Gasteiger partial charge in [-0.25, -0.2) is 4.39 Å². The van der Waals surface area contributed by atoms with Gasteiger partial charge in [-0.2, -0.15) is 4.57 Å². The highest BCUT2D eigenvalue weighted by molar-refractivity contribution is 5.96. The highest BCUT2D eigenvalue weighted by atomic mass is 19.1. The zero-order chi connectivity index (χ0) is 19.0. The topological polar surface area (TPSA) is 25.9 Å². The number of hydrogen-bond donors (Lipinski definition) is 0. The minimum Gasteiger partial charge on any atom is -0.318 e. The predicted molar refractivity (Wildman–Crippen MR) is 104 cm³/mol. The molecule has 3 nitrogen and oxygen atoms in total. The number of pyridine rings is 1. The summed E-state index contributed by atoms with van der Waals surface area (Å²) in [5, 5.41) is 2.25. The molecule has 27 heavy (non-hydrogen) atoms. The average molecular weight is 359 g/mol. The van der Waals surface area contributed by atoms with E-state index >= 15 is 0 Å². The minimum absolute atomic E-state index is 0.0525. The van der Waals surface area contributed by atoms with Crippen LogP contribution in [0.25, 0.3) is 16.5 Å². The Hall–Kier alpha value is -3.27. The van der Waals surface area contributed by atoms with E-state index in [-0.39, 0.29) is 18.1 Å². The zero-order valence-corrected chi connectivity index (χ0v) is 15.3. The summed E-state index contributed by atoms with van der Waals surface area (Å²) in [6.07, 6.45) is 3.92. The van der Waals surface area contributed by atoms with E-state index < -0.39 is 0 Å². The van der Waals surface area contributed by atoms with Crippen molar-refractivity contribution in [3.63, 3.8) is 0 Å². The number of aryl methyl sites for hydroxylation is 1. The van der Waals surface area contributed by atoms with Gasteiger partial charge in [0.1, 0.15) is 5.82 Å². The van der Waals surface area contributed by atoms with E-state index in [0.717, 1.165) is 27.8 Å². The van der Waals surface area contributed by atoms with E-state index in [2.05, 4.69) is 6.07 Å². The van der Waals surface area contributed by atoms with Crippen molar-refractivity contribution >= 4 is 16.6 Å². The molecule has 0 unspecified atom stereocenters. The standard InChI is InChI=1S/C23H20FN2O/c1-16-13-22(17(2)26(16)21-9-7-20(24)8-10-21)23(27)15-25-12-11-18-5-3-4-6-19(18)14-25/h3-14H,15H2,1-2H3/q+1. The summed E-state index contributed by atoms with van der Waals surface area (Å²) in [4.78, 5) is 12.9. The van der Waals surface area contributed by atoms with Crippen LogP contribution in [0.5, 0.6) is 0 Å². The number of Topliss-reactive ketones (excluding diaryl/α,β-unsaturated/α-hetero) is 1. The fraction of sp³-hybridized carbons (Fsp3) is 0.130. The van der Waals surface area contributed by atoms with Crippen LogP contribution < -0.4 is 4.57 Å². The van der Waals surface area contributed by atoms with Gasteiger partial charge in [-0.3, -0.25) is 4.79 Å². The molecule has 2 aromatic heterocycles. The van der Waals surface area contributed by atoms with E-state index in [1.165, 1.54) is 12.1 Å². The van der Waals surface area contributed by atoms with E-state index in [4.69, 9.17) is 0 Å². The Bertz CT molecular complexity index is 1140. The maximum absolute atomic E-state index is 13.2. The number of halogens is 1. The maximum atomic E-state index is 13.2. The number of carbonyl (C=O) groups excluding carboxylic acids is 1. The van der Waals surface area contributed by atoms with Crippen molar-refractivity contribution in [1.29, 1.82) is 0 Å². The molecule has 0 aliphatic rings. The summed E-state index contributed by atoms with van der Waals surface area (Å²) in [6, 6.07) is 18.3. The van der Waals surface area contributed by atoms with Gasteiger partial charge < -0.3 is 4.57 Å². The van der Waals surface area contributed by atoms with Gasteiger partial charge in [-0.05, 0) is 55.6 Å². The van der Waals surface area contributed by atoms with Gasteiger partial charge in [0, 0.05) is 34.1 Å². The fourth-order valence-electron chi connectivity index (χ4n) is 3.56. The first-order chi connectivity index (χ1) is 13.0. The Balaban J connectivity index is 1.65. The van der Waals surface area contributed by atoms with Crippen molar-refractivity contribution in [2.24, 2.45) is 0 Å². The Kier molecular flexibility index (Phi) is 4.32. The lowest BCUT2D eigenvalue weighted by Crippen LogP contribution is -2.37. The number of hydrogen-bond acceptors (Lipinski definition) is 1. The van der Waals surface area contributed by atoms with Crippen molar-refractivity contribution in [3.8, 4) is 5.69 Å². The quantitative estimate of drug-likeness (QED) is 0.387. The highest BCUT2D eigenvalue weighted by Crippen LogP contribution is 2.21. The molecule has 4 heteroatoms. The third-order valence-corrected chi connectivity index (χ3v) is 4.89. The number of rotatable bonds is 4. The molecule has 0 saturated heterocycles. The molecule has 134 valence electrons. The summed E-state index contributed by atoms with van der Waals surface area (Å²) < 4.78 is 17.1. The molecule has 0 N–H and O–H groups in total. The lowest BCUT2D eigenvalue weighted by Gasteiger charge is -2.09. The predicted octanol–water partition coefficient (Wildman–Crippen LogP) is 4.56. The molecule has 4 aromatic rings. The third kappa shape index (κ3) is 3.26. The molecular formula is C23H20FN2O+. The third-order valence-electron chi connectivity index (χ3n) is 4.89. The molecule has 2 aromatic carbocycles. The average Bonchev–Trinajstić information content (AvgIpc) is 2.97. The van der Waals surface area contributed by atoms with Gasteiger partial charge in [-0.1, -0.05) is 18.2 Å². The summed E-state index contributed by atoms with van der Waals surface area (Å²) in [7, 11) is 0. The molecule has 0 atom stereocenters. The second-order valence-electron chi connectivity index (χ2n) is 6.77. The SMILES string of the molecule is Cc1cc(C(=O)C[n+]2ccc3ccccc3c2)c(C)n1-c1ccc(F)cc1. The Labute approximate surface area is 157 Å². The molecule has 0 spiro atoms. The second-order valence-corrected chi connectivity index (χ2v) is 6.77. The second kappa shape index (κ2) is 6.80. The van der Waals surface area contributed by atoms with Crippen molar-refractivity contribution in [3.05, 3.63) is 95.8 Å². The first-order valence-electron chi connectivity index (χ1n) is 8.89. The number of carbonyl (C=O) groups is 1. The van der Waals surface area contributed by atoms with Crippen LogP contribution in [0.3, 0.4) is 0 Å². The van der Waals surface area contributed by atoms with Gasteiger partial charge in [0.25, 0.3) is 0 Å². The van der Waals surface area contributed by atoms with E-state index in [1.54, 1.807) is 12.1 Å². The number of benzene rings is 2. The number of fused-ring (bicyclic) bond motifs is 1. The Morgan fingerprint density at radius 2 is 1.70 bits per heavy atom. The van der Waals surface area contributed by atoms with Gasteiger partial charge >= 0.3 is 0 Å². The van der Waals surface area contributed by atoms with Crippen molar-refractivity contribution in [2.75, 3.05) is 0 Å². The lowest BCUT2D eigenvalue weighted by molar-refractivity contribution is -0.681. The van der Waals surface area contributed by atoms with Crippen LogP contribution in [0.2, 0.25) is 0 Å². The molecule has 0 aliphatic carbocycles. The van der Waals surface area contributed by atoms with Crippen molar-refractivity contribution in [2.45, 2.75) is 20.4 Å². The number of nitrogens with zero attached hydrogens (tertiary/aromatic N) is 2. The van der Waals surface area contributed by atoms with Crippen molar-refractivity contribution in [1.82, 2.24) is 4.57 Å². The number of aromatic nitrogens is 2. The summed E-state index contributed by atoms with van der Waals surface area (Å²) >= 11 is 0. The van der Waals surface area contributed by atoms with Crippen LogP contribution in [0.15, 0.2) is 73.1 Å². The molecule has 0 saturated carbocycles. The zero-order valence-electron chi connectivity index (χ0n) is 15.3. The van der Waals surface area contributed by atoms with Crippen LogP contribution in [0.1, 0.15) is 21.7 Å². The molecule has 0 radical (unpaired) electrons.